The molecule has 5 nitrogen and oxygen atoms in total. The summed E-state index contributed by atoms with van der Waals surface area (Å²) < 4.78 is 15.8. The van der Waals surface area contributed by atoms with Crippen molar-refractivity contribution in [3.05, 3.63) is 47.8 Å². The zero-order valence-electron chi connectivity index (χ0n) is 11.9. The van der Waals surface area contributed by atoms with Crippen LogP contribution in [0.4, 0.5) is 4.39 Å². The molecule has 1 atom stereocenters. The van der Waals surface area contributed by atoms with Gasteiger partial charge in [-0.25, -0.2) is 4.39 Å². The van der Waals surface area contributed by atoms with E-state index in [0.717, 1.165) is 5.69 Å². The topological polar surface area (TPSA) is 68.8 Å². The summed E-state index contributed by atoms with van der Waals surface area (Å²) in [6.07, 6.45) is 9.01. The number of halogens is 1. The van der Waals surface area contributed by atoms with E-state index in [4.69, 9.17) is 5.84 Å². The number of rotatable bonds is 5. The van der Waals surface area contributed by atoms with Gasteiger partial charge in [-0.1, -0.05) is 12.8 Å². The third kappa shape index (κ3) is 3.11. The predicted molar refractivity (Wildman–Crippen MR) is 77.7 cm³/mol. The van der Waals surface area contributed by atoms with Gasteiger partial charge in [-0.05, 0) is 31.0 Å². The van der Waals surface area contributed by atoms with Crippen LogP contribution >= 0.6 is 0 Å². The van der Waals surface area contributed by atoms with Crippen molar-refractivity contribution in [2.45, 2.75) is 44.2 Å². The van der Waals surface area contributed by atoms with Crippen molar-refractivity contribution in [2.75, 3.05) is 0 Å². The van der Waals surface area contributed by atoms with E-state index in [0.29, 0.717) is 18.2 Å². The smallest absolute Gasteiger partial charge is 0.146 e. The van der Waals surface area contributed by atoms with Crippen LogP contribution in [-0.2, 0) is 6.42 Å². The Morgan fingerprint density at radius 3 is 2.90 bits per heavy atom. The molecule has 2 aromatic heterocycles. The summed E-state index contributed by atoms with van der Waals surface area (Å²) in [6.45, 7) is 0. The van der Waals surface area contributed by atoms with Crippen molar-refractivity contribution in [3.63, 3.8) is 0 Å². The van der Waals surface area contributed by atoms with Crippen LogP contribution < -0.4 is 11.3 Å². The van der Waals surface area contributed by atoms with Crippen LogP contribution in [0, 0.1) is 5.82 Å². The van der Waals surface area contributed by atoms with Crippen LogP contribution in [-0.4, -0.2) is 14.8 Å². The van der Waals surface area contributed by atoms with Crippen LogP contribution in [0.25, 0.3) is 0 Å². The average molecular weight is 289 g/mol. The van der Waals surface area contributed by atoms with Gasteiger partial charge in [-0.2, -0.15) is 5.10 Å². The largest absolute Gasteiger partial charge is 0.271 e. The van der Waals surface area contributed by atoms with Gasteiger partial charge in [-0.3, -0.25) is 20.9 Å². The van der Waals surface area contributed by atoms with Crippen LogP contribution in [0.5, 0.6) is 0 Å². The number of nitrogens with zero attached hydrogens (tertiary/aromatic N) is 3. The summed E-state index contributed by atoms with van der Waals surface area (Å²) >= 11 is 0. The van der Waals surface area contributed by atoms with E-state index in [-0.39, 0.29) is 11.9 Å². The minimum Gasteiger partial charge on any atom is -0.271 e. The maximum Gasteiger partial charge on any atom is 0.146 e. The zero-order valence-corrected chi connectivity index (χ0v) is 11.9. The van der Waals surface area contributed by atoms with E-state index in [1.54, 1.807) is 12.3 Å². The third-order valence-electron chi connectivity index (χ3n) is 4.09. The molecule has 1 aliphatic carbocycles. The maximum absolute atomic E-state index is 13.8. The number of pyridine rings is 1. The SMILES string of the molecule is NNC(Cc1ccn(C2CCCC2)n1)c1ncccc1F. The second kappa shape index (κ2) is 6.32. The Morgan fingerprint density at radius 1 is 1.38 bits per heavy atom. The van der Waals surface area contributed by atoms with Crippen molar-refractivity contribution in [2.24, 2.45) is 5.84 Å². The Labute approximate surface area is 123 Å². The van der Waals surface area contributed by atoms with E-state index in [1.807, 2.05) is 16.9 Å². The second-order valence-electron chi connectivity index (χ2n) is 5.52. The molecule has 0 bridgehead atoms. The molecule has 112 valence electrons. The van der Waals surface area contributed by atoms with Crippen LogP contribution in [0.3, 0.4) is 0 Å². The number of hydrazine groups is 1. The first-order valence-corrected chi connectivity index (χ1v) is 7.38. The Bertz CT molecular complexity index is 591. The Kier molecular flexibility index (Phi) is 4.26. The summed E-state index contributed by atoms with van der Waals surface area (Å²) in [4.78, 5) is 4.08. The molecule has 0 spiro atoms. The molecule has 0 aromatic carbocycles. The fraction of sp³-hybridized carbons (Fsp3) is 0.467. The normalized spacial score (nSPS) is 17.2. The number of nitrogens with two attached hydrogens (primary N) is 1. The van der Waals surface area contributed by atoms with Gasteiger partial charge in [0.2, 0.25) is 0 Å². The Hall–Kier alpha value is -1.79. The molecule has 1 unspecified atom stereocenters. The van der Waals surface area contributed by atoms with Gasteiger partial charge in [0.05, 0.1) is 23.5 Å². The molecule has 0 radical (unpaired) electrons. The van der Waals surface area contributed by atoms with Gasteiger partial charge in [0.25, 0.3) is 0 Å². The first kappa shape index (κ1) is 14.2. The highest BCUT2D eigenvalue weighted by Crippen LogP contribution is 2.29. The lowest BCUT2D eigenvalue weighted by Crippen LogP contribution is -2.31. The van der Waals surface area contributed by atoms with Crippen LogP contribution in [0.15, 0.2) is 30.6 Å². The van der Waals surface area contributed by atoms with Crippen molar-refractivity contribution < 1.29 is 4.39 Å². The molecular weight excluding hydrogens is 269 g/mol. The molecule has 21 heavy (non-hydrogen) atoms. The van der Waals surface area contributed by atoms with E-state index < -0.39 is 0 Å². The number of aromatic nitrogens is 3. The molecule has 1 saturated carbocycles. The van der Waals surface area contributed by atoms with E-state index >= 15 is 0 Å². The molecule has 1 aliphatic rings. The standard InChI is InChI=1S/C15H20FN5/c16-13-6-3-8-18-15(13)14(19-17)10-11-7-9-21(20-11)12-4-1-2-5-12/h3,6-9,12,14,19H,1-2,4-5,10,17H2. The van der Waals surface area contributed by atoms with Gasteiger partial charge in [0, 0.05) is 18.8 Å². The molecule has 2 heterocycles. The van der Waals surface area contributed by atoms with Crippen molar-refractivity contribution in [1.82, 2.24) is 20.2 Å². The molecule has 0 aliphatic heterocycles. The second-order valence-corrected chi connectivity index (χ2v) is 5.52. The third-order valence-corrected chi connectivity index (χ3v) is 4.09. The molecule has 3 rings (SSSR count). The van der Waals surface area contributed by atoms with Gasteiger partial charge in [0.1, 0.15) is 5.82 Å². The summed E-state index contributed by atoms with van der Waals surface area (Å²) in [6, 6.07) is 5.07. The monoisotopic (exact) mass is 289 g/mol. The summed E-state index contributed by atoms with van der Waals surface area (Å²) in [5.74, 6) is 5.21. The molecule has 6 heteroatoms. The van der Waals surface area contributed by atoms with Crippen molar-refractivity contribution in [1.29, 1.82) is 0 Å². The Balaban J connectivity index is 1.74. The maximum atomic E-state index is 13.8. The van der Waals surface area contributed by atoms with Gasteiger partial charge in [-0.15, -0.1) is 0 Å². The molecule has 1 fully saturated rings. The average Bonchev–Trinajstić information content (AvgIpc) is 3.16. The quantitative estimate of drug-likeness (QED) is 0.654. The highest BCUT2D eigenvalue weighted by molar-refractivity contribution is 5.15. The molecule has 0 amide bonds. The first-order valence-electron chi connectivity index (χ1n) is 7.38. The number of hydrogen-bond acceptors (Lipinski definition) is 4. The van der Waals surface area contributed by atoms with Gasteiger partial charge < -0.3 is 0 Å². The number of nitrogens with one attached hydrogen (secondary N) is 1. The minimum atomic E-state index is -0.377. The van der Waals surface area contributed by atoms with E-state index in [1.165, 1.54) is 31.7 Å². The lowest BCUT2D eigenvalue weighted by atomic mass is 10.1. The summed E-state index contributed by atoms with van der Waals surface area (Å²) in [5, 5.41) is 4.61. The molecule has 0 saturated heterocycles. The predicted octanol–water partition coefficient (Wildman–Crippen LogP) is 2.28. The first-order chi connectivity index (χ1) is 10.3. The zero-order chi connectivity index (χ0) is 14.7. The van der Waals surface area contributed by atoms with Crippen molar-refractivity contribution in [3.8, 4) is 0 Å². The van der Waals surface area contributed by atoms with E-state index in [2.05, 4.69) is 15.5 Å². The van der Waals surface area contributed by atoms with Gasteiger partial charge >= 0.3 is 0 Å². The fourth-order valence-corrected chi connectivity index (χ4v) is 2.96. The molecule has 2 aromatic rings. The highest BCUT2D eigenvalue weighted by Gasteiger charge is 2.20. The highest BCUT2D eigenvalue weighted by atomic mass is 19.1. The van der Waals surface area contributed by atoms with Gasteiger partial charge in [0.15, 0.2) is 0 Å². The molecule has 3 N–H and O–H groups in total. The summed E-state index contributed by atoms with van der Waals surface area (Å²) in [7, 11) is 0. The molecular formula is C15H20FN5. The number of hydrogen-bond donors (Lipinski definition) is 2. The lowest BCUT2D eigenvalue weighted by Gasteiger charge is -2.15. The van der Waals surface area contributed by atoms with E-state index in [9.17, 15) is 4.39 Å². The summed E-state index contributed by atoms with van der Waals surface area (Å²) in [5.41, 5.74) is 3.86. The van der Waals surface area contributed by atoms with Crippen molar-refractivity contribution >= 4 is 0 Å². The van der Waals surface area contributed by atoms with Crippen LogP contribution in [0.1, 0.15) is 49.2 Å². The fourth-order valence-electron chi connectivity index (χ4n) is 2.96. The minimum absolute atomic E-state index is 0.329. The van der Waals surface area contributed by atoms with Crippen LogP contribution in [0.2, 0.25) is 0 Å². The lowest BCUT2D eigenvalue weighted by molar-refractivity contribution is 0.452. The Morgan fingerprint density at radius 2 is 2.19 bits per heavy atom.